The van der Waals surface area contributed by atoms with Crippen molar-refractivity contribution in [2.24, 2.45) is 0 Å². The van der Waals surface area contributed by atoms with Gasteiger partial charge in [-0.3, -0.25) is 4.79 Å². The molecule has 1 amide bonds. The molecular formula is C17H18N2O3. The Balaban J connectivity index is 1.57. The van der Waals surface area contributed by atoms with Crippen LogP contribution < -0.4 is 10.1 Å². The molecule has 5 heteroatoms. The van der Waals surface area contributed by atoms with Gasteiger partial charge in [0.2, 0.25) is 5.88 Å². The van der Waals surface area contributed by atoms with Crippen LogP contribution in [0.2, 0.25) is 0 Å². The second kappa shape index (κ2) is 6.15. The van der Waals surface area contributed by atoms with E-state index < -0.39 is 5.60 Å². The Morgan fingerprint density at radius 1 is 1.23 bits per heavy atom. The van der Waals surface area contributed by atoms with Crippen molar-refractivity contribution in [3.8, 4) is 11.6 Å². The van der Waals surface area contributed by atoms with Gasteiger partial charge in [-0.05, 0) is 37.5 Å². The molecule has 1 aromatic carbocycles. The van der Waals surface area contributed by atoms with E-state index in [4.69, 9.17) is 4.74 Å². The zero-order chi connectivity index (χ0) is 15.4. The lowest BCUT2D eigenvalue weighted by Crippen LogP contribution is -2.47. The number of amides is 1. The second-order valence-electron chi connectivity index (χ2n) is 5.56. The summed E-state index contributed by atoms with van der Waals surface area (Å²) in [4.78, 5) is 16.1. The van der Waals surface area contributed by atoms with E-state index >= 15 is 0 Å². The average molecular weight is 298 g/mol. The Hall–Kier alpha value is -2.40. The summed E-state index contributed by atoms with van der Waals surface area (Å²) in [5, 5.41) is 12.7. The summed E-state index contributed by atoms with van der Waals surface area (Å²) in [7, 11) is 0. The summed E-state index contributed by atoms with van der Waals surface area (Å²) < 4.78 is 5.57. The first-order chi connectivity index (χ1) is 10.6. The Kier molecular flexibility index (Phi) is 4.06. The Labute approximate surface area is 129 Å². The van der Waals surface area contributed by atoms with E-state index in [1.165, 1.54) is 6.20 Å². The standard InChI is InChI=1S/C17H18N2O3/c20-16(19-12-17(21)9-4-10-17)13-7-8-15(18-11-13)22-14-5-2-1-3-6-14/h1-3,5-8,11,21H,4,9-10,12H2,(H,19,20). The van der Waals surface area contributed by atoms with Gasteiger partial charge in [0.05, 0.1) is 11.2 Å². The fourth-order valence-electron chi connectivity index (χ4n) is 2.29. The van der Waals surface area contributed by atoms with Crippen molar-refractivity contribution < 1.29 is 14.6 Å². The molecule has 0 spiro atoms. The third-order valence-electron chi connectivity index (χ3n) is 3.83. The number of aromatic nitrogens is 1. The lowest BCUT2D eigenvalue weighted by Gasteiger charge is -2.36. The molecule has 1 fully saturated rings. The Morgan fingerprint density at radius 3 is 2.59 bits per heavy atom. The van der Waals surface area contributed by atoms with Crippen LogP contribution in [0.1, 0.15) is 29.6 Å². The van der Waals surface area contributed by atoms with Crippen molar-refractivity contribution in [3.63, 3.8) is 0 Å². The molecular weight excluding hydrogens is 280 g/mol. The van der Waals surface area contributed by atoms with Crippen molar-refractivity contribution in [3.05, 3.63) is 54.2 Å². The fourth-order valence-corrected chi connectivity index (χ4v) is 2.29. The third kappa shape index (κ3) is 3.43. The number of benzene rings is 1. The van der Waals surface area contributed by atoms with Crippen molar-refractivity contribution in [2.75, 3.05) is 6.54 Å². The van der Waals surface area contributed by atoms with E-state index in [9.17, 15) is 9.90 Å². The largest absolute Gasteiger partial charge is 0.439 e. The van der Waals surface area contributed by atoms with Gasteiger partial charge in [-0.1, -0.05) is 18.2 Å². The molecule has 114 valence electrons. The lowest BCUT2D eigenvalue weighted by atomic mass is 9.80. The number of aliphatic hydroxyl groups is 1. The molecule has 0 bridgehead atoms. The van der Waals surface area contributed by atoms with E-state index in [1.54, 1.807) is 12.1 Å². The summed E-state index contributed by atoms with van der Waals surface area (Å²) in [5.74, 6) is 0.888. The number of nitrogens with zero attached hydrogens (tertiary/aromatic N) is 1. The molecule has 0 saturated heterocycles. The maximum Gasteiger partial charge on any atom is 0.252 e. The second-order valence-corrected chi connectivity index (χ2v) is 5.56. The number of nitrogens with one attached hydrogen (secondary N) is 1. The van der Waals surface area contributed by atoms with Crippen molar-refractivity contribution >= 4 is 5.91 Å². The van der Waals surface area contributed by atoms with Crippen LogP contribution in [0.3, 0.4) is 0 Å². The number of hydrogen-bond donors (Lipinski definition) is 2. The topological polar surface area (TPSA) is 71.5 Å². The molecule has 0 atom stereocenters. The zero-order valence-electron chi connectivity index (χ0n) is 12.2. The van der Waals surface area contributed by atoms with Crippen LogP contribution in [0, 0.1) is 0 Å². The molecule has 2 aromatic rings. The summed E-state index contributed by atoms with van der Waals surface area (Å²) in [5.41, 5.74) is -0.275. The van der Waals surface area contributed by atoms with E-state index in [0.717, 1.165) is 19.3 Å². The molecule has 3 rings (SSSR count). The van der Waals surface area contributed by atoms with E-state index in [2.05, 4.69) is 10.3 Å². The smallest absolute Gasteiger partial charge is 0.252 e. The Bertz CT molecular complexity index is 637. The summed E-state index contributed by atoms with van der Waals surface area (Å²) in [6.07, 6.45) is 3.97. The summed E-state index contributed by atoms with van der Waals surface area (Å²) >= 11 is 0. The predicted molar refractivity (Wildman–Crippen MR) is 81.9 cm³/mol. The van der Waals surface area contributed by atoms with Gasteiger partial charge < -0.3 is 15.2 Å². The van der Waals surface area contributed by atoms with Crippen LogP contribution in [0.15, 0.2) is 48.7 Å². The number of pyridine rings is 1. The van der Waals surface area contributed by atoms with Crippen molar-refractivity contribution in [2.45, 2.75) is 24.9 Å². The minimum atomic E-state index is -0.723. The molecule has 1 heterocycles. The SMILES string of the molecule is O=C(NCC1(O)CCC1)c1ccc(Oc2ccccc2)nc1. The molecule has 2 N–H and O–H groups in total. The monoisotopic (exact) mass is 298 g/mol. The molecule has 1 saturated carbocycles. The molecule has 0 aliphatic heterocycles. The molecule has 0 radical (unpaired) electrons. The van der Waals surface area contributed by atoms with Crippen LogP contribution in [0.25, 0.3) is 0 Å². The highest BCUT2D eigenvalue weighted by molar-refractivity contribution is 5.93. The van der Waals surface area contributed by atoms with Crippen molar-refractivity contribution in [1.29, 1.82) is 0 Å². The van der Waals surface area contributed by atoms with Crippen LogP contribution in [-0.2, 0) is 0 Å². The predicted octanol–water partition coefficient (Wildman–Crippen LogP) is 2.52. The lowest BCUT2D eigenvalue weighted by molar-refractivity contribution is -0.0300. The normalized spacial score (nSPS) is 15.7. The Morgan fingerprint density at radius 2 is 2.00 bits per heavy atom. The maximum absolute atomic E-state index is 12.0. The van der Waals surface area contributed by atoms with Gasteiger partial charge in [-0.15, -0.1) is 0 Å². The number of carbonyl (C=O) groups is 1. The van der Waals surface area contributed by atoms with Crippen LogP contribution in [0.5, 0.6) is 11.6 Å². The third-order valence-corrected chi connectivity index (χ3v) is 3.83. The quantitative estimate of drug-likeness (QED) is 0.889. The minimum absolute atomic E-state index is 0.237. The molecule has 1 aliphatic carbocycles. The van der Waals surface area contributed by atoms with Crippen LogP contribution >= 0.6 is 0 Å². The van der Waals surface area contributed by atoms with Crippen LogP contribution in [0.4, 0.5) is 0 Å². The van der Waals surface area contributed by atoms with E-state index in [1.807, 2.05) is 30.3 Å². The highest BCUT2D eigenvalue weighted by atomic mass is 16.5. The molecule has 5 nitrogen and oxygen atoms in total. The molecule has 1 aromatic heterocycles. The van der Waals surface area contributed by atoms with Crippen molar-refractivity contribution in [1.82, 2.24) is 10.3 Å². The first kappa shape index (κ1) is 14.5. The minimum Gasteiger partial charge on any atom is -0.439 e. The zero-order valence-corrected chi connectivity index (χ0v) is 12.2. The number of hydrogen-bond acceptors (Lipinski definition) is 4. The highest BCUT2D eigenvalue weighted by Crippen LogP contribution is 2.30. The van der Waals surface area contributed by atoms with Crippen LogP contribution in [-0.4, -0.2) is 28.1 Å². The number of carbonyl (C=O) groups excluding carboxylic acids is 1. The fraction of sp³-hybridized carbons (Fsp3) is 0.294. The van der Waals surface area contributed by atoms with E-state index in [0.29, 0.717) is 17.2 Å². The molecule has 1 aliphatic rings. The van der Waals surface area contributed by atoms with Gasteiger partial charge >= 0.3 is 0 Å². The first-order valence-corrected chi connectivity index (χ1v) is 7.34. The number of rotatable bonds is 5. The number of ether oxygens (including phenoxy) is 1. The van der Waals surface area contributed by atoms with Gasteiger partial charge in [0, 0.05) is 18.8 Å². The van der Waals surface area contributed by atoms with Gasteiger partial charge in [0.25, 0.3) is 5.91 Å². The number of para-hydroxylation sites is 1. The maximum atomic E-state index is 12.0. The summed E-state index contributed by atoms with van der Waals surface area (Å²) in [6, 6.07) is 12.6. The highest BCUT2D eigenvalue weighted by Gasteiger charge is 2.34. The molecule has 0 unspecified atom stereocenters. The van der Waals surface area contributed by atoms with Gasteiger partial charge in [-0.25, -0.2) is 4.98 Å². The van der Waals surface area contributed by atoms with Gasteiger partial charge in [0.1, 0.15) is 5.75 Å². The van der Waals surface area contributed by atoms with Gasteiger partial charge in [-0.2, -0.15) is 0 Å². The first-order valence-electron chi connectivity index (χ1n) is 7.34. The van der Waals surface area contributed by atoms with Gasteiger partial charge in [0.15, 0.2) is 0 Å². The van der Waals surface area contributed by atoms with E-state index in [-0.39, 0.29) is 12.5 Å². The summed E-state index contributed by atoms with van der Waals surface area (Å²) in [6.45, 7) is 0.286. The molecule has 22 heavy (non-hydrogen) atoms. The average Bonchev–Trinajstić information content (AvgIpc) is 2.52.